The van der Waals surface area contributed by atoms with Crippen LogP contribution in [0.4, 0.5) is 18.9 Å². The van der Waals surface area contributed by atoms with Crippen molar-refractivity contribution in [2.75, 3.05) is 5.01 Å². The Hall–Kier alpha value is -2.95. The third-order valence-corrected chi connectivity index (χ3v) is 6.86. The predicted molar refractivity (Wildman–Crippen MR) is 116 cm³/mol. The second-order valence-corrected chi connectivity index (χ2v) is 9.27. The summed E-state index contributed by atoms with van der Waals surface area (Å²) in [5.41, 5.74) is -0.0437. The minimum absolute atomic E-state index is 0.324. The smallest absolute Gasteiger partial charge is 0.292 e. The normalized spacial score (nSPS) is 14.3. The van der Waals surface area contributed by atoms with Gasteiger partial charge >= 0.3 is 5.51 Å². The number of alkyl halides is 3. The SMILES string of the molecule is O=S(=O)(c1ccc(N2C=CC=C(c3ccnn3-c3cccc(Cl)c3Cl)N2)cc1)C(F)(F)F. The van der Waals surface area contributed by atoms with E-state index in [1.165, 1.54) is 17.1 Å². The lowest BCUT2D eigenvalue weighted by molar-refractivity contribution is -0.0436. The zero-order valence-electron chi connectivity index (χ0n) is 15.9. The first-order valence-corrected chi connectivity index (χ1v) is 11.2. The van der Waals surface area contributed by atoms with Crippen molar-refractivity contribution in [1.29, 1.82) is 0 Å². The van der Waals surface area contributed by atoms with Gasteiger partial charge in [-0.2, -0.15) is 18.3 Å². The molecule has 0 saturated carbocycles. The Kier molecular flexibility index (Phi) is 5.70. The molecule has 6 nitrogen and oxygen atoms in total. The molecule has 0 unspecified atom stereocenters. The van der Waals surface area contributed by atoms with Gasteiger partial charge in [-0.15, -0.1) is 0 Å². The van der Waals surface area contributed by atoms with Gasteiger partial charge in [-0.3, -0.25) is 10.4 Å². The van der Waals surface area contributed by atoms with Gasteiger partial charge in [-0.1, -0.05) is 29.3 Å². The predicted octanol–water partition coefficient (Wildman–Crippen LogP) is 5.35. The molecule has 3 aromatic rings. The number of nitrogens with zero attached hydrogens (tertiary/aromatic N) is 3. The van der Waals surface area contributed by atoms with Crippen LogP contribution in [0.25, 0.3) is 11.4 Å². The molecule has 2 aromatic carbocycles. The molecule has 1 aromatic heterocycles. The average molecular weight is 501 g/mol. The summed E-state index contributed by atoms with van der Waals surface area (Å²) in [6.45, 7) is 0. The lowest BCUT2D eigenvalue weighted by Crippen LogP contribution is -2.34. The van der Waals surface area contributed by atoms with Crippen LogP contribution in [0.2, 0.25) is 10.0 Å². The fourth-order valence-electron chi connectivity index (χ4n) is 3.00. The van der Waals surface area contributed by atoms with E-state index in [4.69, 9.17) is 23.2 Å². The molecule has 0 amide bonds. The maximum absolute atomic E-state index is 12.8. The number of anilines is 1. The number of nitrogens with one attached hydrogen (secondary N) is 1. The second kappa shape index (κ2) is 8.19. The van der Waals surface area contributed by atoms with E-state index in [2.05, 4.69) is 10.5 Å². The minimum atomic E-state index is -5.42. The van der Waals surface area contributed by atoms with Crippen molar-refractivity contribution in [3.05, 3.63) is 88.8 Å². The van der Waals surface area contributed by atoms with Crippen LogP contribution in [-0.2, 0) is 9.84 Å². The standard InChI is InChI=1S/C20H13Cl2F3N4O2S/c21-15-3-1-5-18(19(15)22)29-17(10-11-26-29)16-4-2-12-28(27-16)13-6-8-14(9-7-13)32(30,31)20(23,24)25/h1-12,27H. The van der Waals surface area contributed by atoms with Crippen molar-refractivity contribution < 1.29 is 21.6 Å². The van der Waals surface area contributed by atoms with Crippen LogP contribution in [0.3, 0.4) is 0 Å². The summed E-state index contributed by atoms with van der Waals surface area (Å²) >= 11 is 12.4. The molecule has 0 spiro atoms. The molecule has 0 bridgehead atoms. The lowest BCUT2D eigenvalue weighted by Gasteiger charge is -2.27. The van der Waals surface area contributed by atoms with Crippen molar-refractivity contribution in [2.45, 2.75) is 10.4 Å². The highest BCUT2D eigenvalue weighted by Gasteiger charge is 2.46. The van der Waals surface area contributed by atoms with Crippen LogP contribution >= 0.6 is 23.2 Å². The van der Waals surface area contributed by atoms with Gasteiger partial charge in [-0.25, -0.2) is 13.1 Å². The summed E-state index contributed by atoms with van der Waals surface area (Å²) in [7, 11) is -5.42. The summed E-state index contributed by atoms with van der Waals surface area (Å²) in [5.74, 6) is 0. The molecule has 0 atom stereocenters. The number of benzene rings is 2. The number of hydrogen-bond acceptors (Lipinski definition) is 5. The number of hydrogen-bond donors (Lipinski definition) is 1. The summed E-state index contributed by atoms with van der Waals surface area (Å²) in [5, 5.41) is 6.51. The maximum Gasteiger partial charge on any atom is 0.501 e. The summed E-state index contributed by atoms with van der Waals surface area (Å²) in [6.07, 6.45) is 6.69. The fourth-order valence-corrected chi connectivity index (χ4v) is 4.13. The molecule has 1 N–H and O–H groups in total. The quantitative estimate of drug-likeness (QED) is 0.522. The third kappa shape index (κ3) is 3.96. The summed E-state index contributed by atoms with van der Waals surface area (Å²) in [4.78, 5) is -0.834. The van der Waals surface area contributed by atoms with Crippen LogP contribution in [0.5, 0.6) is 0 Å². The van der Waals surface area contributed by atoms with E-state index in [-0.39, 0.29) is 0 Å². The Bertz CT molecular complexity index is 1330. The Morgan fingerprint density at radius 3 is 2.41 bits per heavy atom. The Morgan fingerprint density at radius 2 is 1.72 bits per heavy atom. The Labute approximate surface area is 191 Å². The number of halogens is 5. The van der Waals surface area contributed by atoms with Crippen LogP contribution < -0.4 is 10.4 Å². The van der Waals surface area contributed by atoms with E-state index in [1.807, 2.05) is 0 Å². The van der Waals surface area contributed by atoms with E-state index < -0.39 is 20.2 Å². The van der Waals surface area contributed by atoms with Gasteiger partial charge in [0.15, 0.2) is 0 Å². The van der Waals surface area contributed by atoms with Crippen molar-refractivity contribution in [3.8, 4) is 5.69 Å². The van der Waals surface area contributed by atoms with Gasteiger partial charge in [-0.05, 0) is 54.6 Å². The number of hydrazine groups is 1. The molecule has 2 heterocycles. The Morgan fingerprint density at radius 1 is 1.00 bits per heavy atom. The zero-order chi connectivity index (χ0) is 23.1. The highest BCUT2D eigenvalue weighted by molar-refractivity contribution is 7.92. The molecule has 0 fully saturated rings. The maximum atomic E-state index is 12.8. The molecular formula is C20H13Cl2F3N4O2S. The van der Waals surface area contributed by atoms with Gasteiger partial charge in [0.1, 0.15) is 0 Å². The number of aromatic nitrogens is 2. The van der Waals surface area contributed by atoms with E-state index in [0.29, 0.717) is 32.8 Å². The molecule has 0 saturated heterocycles. The van der Waals surface area contributed by atoms with Crippen molar-refractivity contribution >= 4 is 44.4 Å². The molecule has 4 rings (SSSR count). The largest absolute Gasteiger partial charge is 0.501 e. The van der Waals surface area contributed by atoms with E-state index >= 15 is 0 Å². The summed E-state index contributed by atoms with van der Waals surface area (Å²) < 4.78 is 63.0. The first-order valence-electron chi connectivity index (χ1n) is 8.94. The monoisotopic (exact) mass is 500 g/mol. The molecule has 1 aliphatic rings. The zero-order valence-corrected chi connectivity index (χ0v) is 18.2. The van der Waals surface area contributed by atoms with Gasteiger partial charge in [0.2, 0.25) is 0 Å². The topological polar surface area (TPSA) is 67.2 Å². The summed E-state index contributed by atoms with van der Waals surface area (Å²) in [6, 6.07) is 11.2. The van der Waals surface area contributed by atoms with Crippen molar-refractivity contribution in [3.63, 3.8) is 0 Å². The first-order chi connectivity index (χ1) is 15.1. The van der Waals surface area contributed by atoms with E-state index in [0.717, 1.165) is 12.1 Å². The van der Waals surface area contributed by atoms with Crippen LogP contribution in [0.1, 0.15) is 5.69 Å². The molecule has 0 aliphatic carbocycles. The highest BCUT2D eigenvalue weighted by Crippen LogP contribution is 2.32. The minimum Gasteiger partial charge on any atom is -0.292 e. The second-order valence-electron chi connectivity index (χ2n) is 6.55. The molecule has 166 valence electrons. The van der Waals surface area contributed by atoms with Gasteiger partial charge in [0.25, 0.3) is 9.84 Å². The molecule has 0 radical (unpaired) electrons. The lowest BCUT2D eigenvalue weighted by atomic mass is 10.2. The molecule has 12 heteroatoms. The average Bonchev–Trinajstić information content (AvgIpc) is 3.25. The molecular weight excluding hydrogens is 488 g/mol. The van der Waals surface area contributed by atoms with Gasteiger partial charge in [0, 0.05) is 6.20 Å². The van der Waals surface area contributed by atoms with Crippen LogP contribution in [0, 0.1) is 0 Å². The van der Waals surface area contributed by atoms with Crippen LogP contribution in [-0.4, -0.2) is 23.7 Å². The van der Waals surface area contributed by atoms with E-state index in [1.54, 1.807) is 53.5 Å². The fraction of sp³-hybridized carbons (Fsp3) is 0.0500. The Balaban J connectivity index is 1.61. The molecule has 1 aliphatic heterocycles. The highest BCUT2D eigenvalue weighted by atomic mass is 35.5. The number of allylic oxidation sites excluding steroid dienone is 2. The third-order valence-electron chi connectivity index (χ3n) is 4.55. The number of rotatable bonds is 4. The number of sulfone groups is 1. The van der Waals surface area contributed by atoms with Crippen LogP contribution in [0.15, 0.2) is 78.0 Å². The first kappa shape index (κ1) is 22.3. The molecule has 32 heavy (non-hydrogen) atoms. The van der Waals surface area contributed by atoms with E-state index in [9.17, 15) is 21.6 Å². The van der Waals surface area contributed by atoms with Crippen molar-refractivity contribution in [1.82, 2.24) is 15.2 Å². The van der Waals surface area contributed by atoms with Crippen molar-refractivity contribution in [2.24, 2.45) is 0 Å². The van der Waals surface area contributed by atoms with Gasteiger partial charge < -0.3 is 0 Å². The van der Waals surface area contributed by atoms with Gasteiger partial charge in [0.05, 0.1) is 43.9 Å².